The molecule has 1 atom stereocenters. The lowest BCUT2D eigenvalue weighted by molar-refractivity contribution is -0.135. The van der Waals surface area contributed by atoms with Crippen molar-refractivity contribution in [1.82, 2.24) is 15.5 Å². The average molecular weight is 354 g/mol. The fourth-order valence-corrected chi connectivity index (χ4v) is 2.87. The second-order valence-electron chi connectivity index (χ2n) is 5.93. The zero-order chi connectivity index (χ0) is 16.7. The van der Waals surface area contributed by atoms with E-state index >= 15 is 0 Å². The van der Waals surface area contributed by atoms with Crippen LogP contribution in [0.15, 0.2) is 24.3 Å². The van der Waals surface area contributed by atoms with Crippen molar-refractivity contribution in [3.05, 3.63) is 35.4 Å². The number of benzene rings is 1. The number of amides is 2. The van der Waals surface area contributed by atoms with Crippen LogP contribution in [0.3, 0.4) is 0 Å². The van der Waals surface area contributed by atoms with Crippen LogP contribution in [0.5, 0.6) is 0 Å². The largest absolute Gasteiger partial charge is 0.347 e. The van der Waals surface area contributed by atoms with E-state index in [-0.39, 0.29) is 36.8 Å². The third-order valence-electron chi connectivity index (χ3n) is 4.25. The third-order valence-corrected chi connectivity index (χ3v) is 4.25. The Hall–Kier alpha value is -1.59. The van der Waals surface area contributed by atoms with Gasteiger partial charge in [0.2, 0.25) is 11.8 Å². The number of halogens is 1. The Morgan fingerprint density at radius 1 is 1.25 bits per heavy atom. The standard InChI is InChI=1S/C18H27N3O2.ClH/c1-3-5-17(22)20-13-18(23)21-11-10-19-12-16(21)15-8-6-14(4-2)7-9-15;/h6-9,16,19H,3-5,10-13H2,1-2H3,(H,20,22);1H. The summed E-state index contributed by atoms with van der Waals surface area (Å²) >= 11 is 0. The van der Waals surface area contributed by atoms with Crippen molar-refractivity contribution in [1.29, 1.82) is 0 Å². The number of nitrogens with one attached hydrogen (secondary N) is 2. The maximum atomic E-state index is 12.5. The van der Waals surface area contributed by atoms with Gasteiger partial charge in [0.1, 0.15) is 0 Å². The van der Waals surface area contributed by atoms with Gasteiger partial charge in [-0.3, -0.25) is 9.59 Å². The Morgan fingerprint density at radius 2 is 1.96 bits per heavy atom. The number of hydrogen-bond donors (Lipinski definition) is 2. The van der Waals surface area contributed by atoms with Crippen molar-refractivity contribution in [3.8, 4) is 0 Å². The molecular formula is C18H28ClN3O2. The van der Waals surface area contributed by atoms with Gasteiger partial charge in [0.25, 0.3) is 0 Å². The molecular weight excluding hydrogens is 326 g/mol. The minimum absolute atomic E-state index is 0. The molecule has 0 aromatic heterocycles. The summed E-state index contributed by atoms with van der Waals surface area (Å²) in [7, 11) is 0. The van der Waals surface area contributed by atoms with Crippen LogP contribution in [0.2, 0.25) is 0 Å². The molecule has 134 valence electrons. The monoisotopic (exact) mass is 353 g/mol. The lowest BCUT2D eigenvalue weighted by Crippen LogP contribution is -2.51. The summed E-state index contributed by atoms with van der Waals surface area (Å²) < 4.78 is 0. The number of piperazine rings is 1. The molecule has 1 aromatic carbocycles. The second kappa shape index (κ2) is 10.3. The molecule has 2 rings (SSSR count). The number of carbonyl (C=O) groups is 2. The van der Waals surface area contributed by atoms with Crippen molar-refractivity contribution in [2.24, 2.45) is 0 Å². The van der Waals surface area contributed by atoms with Gasteiger partial charge < -0.3 is 15.5 Å². The van der Waals surface area contributed by atoms with Crippen molar-refractivity contribution in [2.75, 3.05) is 26.2 Å². The molecule has 1 heterocycles. The Kier molecular flexibility index (Phi) is 8.79. The summed E-state index contributed by atoms with van der Waals surface area (Å²) in [5.41, 5.74) is 2.44. The lowest BCUT2D eigenvalue weighted by atomic mass is 10.0. The Labute approximate surface area is 150 Å². The van der Waals surface area contributed by atoms with E-state index in [1.807, 2.05) is 11.8 Å². The first-order valence-electron chi connectivity index (χ1n) is 8.51. The summed E-state index contributed by atoms with van der Waals surface area (Å²) in [6.07, 6.45) is 2.27. The van der Waals surface area contributed by atoms with Gasteiger partial charge in [-0.2, -0.15) is 0 Å². The average Bonchev–Trinajstić information content (AvgIpc) is 2.60. The van der Waals surface area contributed by atoms with E-state index in [9.17, 15) is 9.59 Å². The van der Waals surface area contributed by atoms with Crippen LogP contribution < -0.4 is 10.6 Å². The van der Waals surface area contributed by atoms with Crippen LogP contribution >= 0.6 is 12.4 Å². The number of aryl methyl sites for hydroxylation is 1. The zero-order valence-electron chi connectivity index (χ0n) is 14.5. The van der Waals surface area contributed by atoms with Crippen LogP contribution in [0, 0.1) is 0 Å². The fraction of sp³-hybridized carbons (Fsp3) is 0.556. The van der Waals surface area contributed by atoms with Gasteiger partial charge in [0, 0.05) is 26.1 Å². The highest BCUT2D eigenvalue weighted by Crippen LogP contribution is 2.22. The minimum Gasteiger partial charge on any atom is -0.347 e. The molecule has 1 fully saturated rings. The van der Waals surface area contributed by atoms with Crippen LogP contribution in [0.4, 0.5) is 0 Å². The molecule has 0 spiro atoms. The Morgan fingerprint density at radius 3 is 2.58 bits per heavy atom. The van der Waals surface area contributed by atoms with E-state index in [0.29, 0.717) is 13.0 Å². The summed E-state index contributed by atoms with van der Waals surface area (Å²) in [6.45, 7) is 6.38. The normalized spacial score (nSPS) is 17.1. The van der Waals surface area contributed by atoms with Gasteiger partial charge >= 0.3 is 0 Å². The number of rotatable bonds is 6. The smallest absolute Gasteiger partial charge is 0.242 e. The molecule has 24 heavy (non-hydrogen) atoms. The molecule has 2 amide bonds. The van der Waals surface area contributed by atoms with Crippen molar-refractivity contribution < 1.29 is 9.59 Å². The predicted molar refractivity (Wildman–Crippen MR) is 98.3 cm³/mol. The van der Waals surface area contributed by atoms with Crippen LogP contribution in [-0.4, -0.2) is 42.9 Å². The summed E-state index contributed by atoms with van der Waals surface area (Å²) in [4.78, 5) is 25.9. The highest BCUT2D eigenvalue weighted by molar-refractivity contribution is 5.85. The van der Waals surface area contributed by atoms with E-state index in [1.165, 1.54) is 5.56 Å². The minimum atomic E-state index is -0.0557. The molecule has 1 aliphatic rings. The summed E-state index contributed by atoms with van der Waals surface area (Å²) in [5.74, 6) is -0.0691. The summed E-state index contributed by atoms with van der Waals surface area (Å²) in [5, 5.41) is 6.07. The van der Waals surface area contributed by atoms with Gasteiger partial charge in [-0.25, -0.2) is 0 Å². The first kappa shape index (κ1) is 20.5. The van der Waals surface area contributed by atoms with Crippen LogP contribution in [0.1, 0.15) is 43.9 Å². The first-order valence-corrected chi connectivity index (χ1v) is 8.51. The highest BCUT2D eigenvalue weighted by Gasteiger charge is 2.27. The molecule has 1 unspecified atom stereocenters. The Bertz CT molecular complexity index is 534. The lowest BCUT2D eigenvalue weighted by Gasteiger charge is -2.36. The third kappa shape index (κ3) is 5.49. The first-order chi connectivity index (χ1) is 11.2. The molecule has 1 aromatic rings. The van der Waals surface area contributed by atoms with Crippen molar-refractivity contribution in [3.63, 3.8) is 0 Å². The number of nitrogens with zero attached hydrogens (tertiary/aromatic N) is 1. The van der Waals surface area contributed by atoms with E-state index in [2.05, 4.69) is 41.8 Å². The quantitative estimate of drug-likeness (QED) is 0.823. The van der Waals surface area contributed by atoms with Crippen molar-refractivity contribution in [2.45, 2.75) is 39.2 Å². The molecule has 0 saturated carbocycles. The maximum absolute atomic E-state index is 12.5. The maximum Gasteiger partial charge on any atom is 0.242 e. The SMILES string of the molecule is CCCC(=O)NCC(=O)N1CCNCC1c1ccc(CC)cc1.Cl. The second-order valence-corrected chi connectivity index (χ2v) is 5.93. The van der Waals surface area contributed by atoms with Gasteiger partial charge in [-0.05, 0) is 24.0 Å². The molecule has 0 aliphatic carbocycles. The van der Waals surface area contributed by atoms with E-state index in [1.54, 1.807) is 0 Å². The zero-order valence-corrected chi connectivity index (χ0v) is 15.3. The van der Waals surface area contributed by atoms with Gasteiger partial charge in [0.15, 0.2) is 0 Å². The predicted octanol–water partition coefficient (Wildman–Crippen LogP) is 2.06. The van der Waals surface area contributed by atoms with Crippen LogP contribution in [-0.2, 0) is 16.0 Å². The van der Waals surface area contributed by atoms with Crippen LogP contribution in [0.25, 0.3) is 0 Å². The molecule has 1 aliphatic heterocycles. The van der Waals surface area contributed by atoms with Crippen molar-refractivity contribution >= 4 is 24.2 Å². The van der Waals surface area contributed by atoms with E-state index in [4.69, 9.17) is 0 Å². The fourth-order valence-electron chi connectivity index (χ4n) is 2.87. The summed E-state index contributed by atoms with van der Waals surface area (Å²) in [6, 6.07) is 8.48. The van der Waals surface area contributed by atoms with E-state index in [0.717, 1.165) is 31.5 Å². The molecule has 5 nitrogen and oxygen atoms in total. The number of carbonyl (C=O) groups excluding carboxylic acids is 2. The number of hydrogen-bond acceptors (Lipinski definition) is 3. The van der Waals surface area contributed by atoms with Gasteiger partial charge in [-0.1, -0.05) is 38.1 Å². The molecule has 0 bridgehead atoms. The topological polar surface area (TPSA) is 61.4 Å². The van der Waals surface area contributed by atoms with Gasteiger partial charge in [-0.15, -0.1) is 12.4 Å². The molecule has 0 radical (unpaired) electrons. The molecule has 1 saturated heterocycles. The molecule has 2 N–H and O–H groups in total. The van der Waals surface area contributed by atoms with Gasteiger partial charge in [0.05, 0.1) is 12.6 Å². The Balaban J connectivity index is 0.00000288. The van der Waals surface area contributed by atoms with E-state index < -0.39 is 0 Å². The highest BCUT2D eigenvalue weighted by atomic mass is 35.5. The molecule has 6 heteroatoms.